The fraction of sp³-hybridized carbons (Fsp3) is 0.130. The summed E-state index contributed by atoms with van der Waals surface area (Å²) in [5.41, 5.74) is 3.51. The summed E-state index contributed by atoms with van der Waals surface area (Å²) in [6.45, 7) is 1.28. The van der Waals surface area contributed by atoms with Crippen LogP contribution in [0.1, 0.15) is 17.1 Å². The lowest BCUT2D eigenvalue weighted by molar-refractivity contribution is -0.116. The van der Waals surface area contributed by atoms with E-state index in [1.807, 2.05) is 48.7 Å². The van der Waals surface area contributed by atoms with Crippen LogP contribution < -0.4 is 5.32 Å². The Morgan fingerprint density at radius 3 is 2.66 bits per heavy atom. The number of para-hydroxylation sites is 2. The molecule has 2 aromatic heterocycles. The van der Waals surface area contributed by atoms with Crippen molar-refractivity contribution < 1.29 is 4.79 Å². The van der Waals surface area contributed by atoms with Gasteiger partial charge in [0.2, 0.25) is 5.91 Å². The van der Waals surface area contributed by atoms with Gasteiger partial charge in [0.1, 0.15) is 5.82 Å². The summed E-state index contributed by atoms with van der Waals surface area (Å²) in [4.78, 5) is 25.3. The van der Waals surface area contributed by atoms with E-state index in [4.69, 9.17) is 0 Å². The molecule has 0 atom stereocenters. The zero-order chi connectivity index (χ0) is 19.9. The van der Waals surface area contributed by atoms with Gasteiger partial charge in [-0.1, -0.05) is 42.5 Å². The molecule has 29 heavy (non-hydrogen) atoms. The fourth-order valence-electron chi connectivity index (χ4n) is 3.06. The highest BCUT2D eigenvalue weighted by atomic mass is 16.1. The predicted octanol–water partition coefficient (Wildman–Crippen LogP) is 3.25. The number of nitrogens with one attached hydrogen (secondary N) is 1. The van der Waals surface area contributed by atoms with Gasteiger partial charge < -0.3 is 9.88 Å². The van der Waals surface area contributed by atoms with Crippen molar-refractivity contribution in [1.29, 1.82) is 0 Å². The van der Waals surface area contributed by atoms with Crippen LogP contribution >= 0.6 is 0 Å². The molecule has 1 amide bonds. The van der Waals surface area contributed by atoms with Crippen molar-refractivity contribution in [3.8, 4) is 0 Å². The second-order valence-corrected chi connectivity index (χ2v) is 6.61. The summed E-state index contributed by atoms with van der Waals surface area (Å²) < 4.78 is 2.10. The van der Waals surface area contributed by atoms with Gasteiger partial charge in [-0.05, 0) is 23.8 Å². The number of fused-ring (bicyclic) bond motifs is 1. The molecule has 2 heterocycles. The Balaban J connectivity index is 1.30. The predicted molar refractivity (Wildman–Crippen MR) is 113 cm³/mol. The molecular weight excluding hydrogens is 362 g/mol. The van der Waals surface area contributed by atoms with Crippen LogP contribution in [0.4, 0.5) is 0 Å². The van der Waals surface area contributed by atoms with Crippen molar-refractivity contribution in [2.24, 2.45) is 0 Å². The molecule has 0 radical (unpaired) electrons. The van der Waals surface area contributed by atoms with Crippen molar-refractivity contribution >= 4 is 23.0 Å². The van der Waals surface area contributed by atoms with Crippen LogP contribution in [0.5, 0.6) is 0 Å². The summed E-state index contributed by atoms with van der Waals surface area (Å²) in [5.74, 6) is 0.777. The maximum atomic E-state index is 12.1. The van der Waals surface area contributed by atoms with Gasteiger partial charge in [0.15, 0.2) is 0 Å². The van der Waals surface area contributed by atoms with E-state index in [-0.39, 0.29) is 5.91 Å². The van der Waals surface area contributed by atoms with Crippen LogP contribution in [0.25, 0.3) is 17.1 Å². The SMILES string of the molecule is O=C(/C=C/c1cnc2ccccc2n1)NCCc1nccn1Cc1ccccc1. The fourth-order valence-corrected chi connectivity index (χ4v) is 3.06. The molecule has 4 rings (SSSR count). The van der Waals surface area contributed by atoms with Gasteiger partial charge in [0.25, 0.3) is 0 Å². The van der Waals surface area contributed by atoms with Crippen molar-refractivity contribution in [3.63, 3.8) is 0 Å². The van der Waals surface area contributed by atoms with Crippen molar-refractivity contribution in [3.05, 3.63) is 96.3 Å². The molecule has 0 unspecified atom stereocenters. The molecule has 1 N–H and O–H groups in total. The van der Waals surface area contributed by atoms with E-state index < -0.39 is 0 Å². The molecule has 0 fully saturated rings. The number of carbonyl (C=O) groups is 1. The Labute approximate surface area is 169 Å². The Morgan fingerprint density at radius 1 is 1.00 bits per heavy atom. The first-order valence-electron chi connectivity index (χ1n) is 9.49. The van der Waals surface area contributed by atoms with Crippen LogP contribution in [0.2, 0.25) is 0 Å². The third kappa shape index (κ3) is 4.93. The highest BCUT2D eigenvalue weighted by Crippen LogP contribution is 2.09. The number of benzene rings is 2. The van der Waals surface area contributed by atoms with Gasteiger partial charge in [-0.3, -0.25) is 9.78 Å². The minimum atomic E-state index is -0.166. The Kier molecular flexibility index (Phi) is 5.71. The van der Waals surface area contributed by atoms with E-state index in [0.29, 0.717) is 18.7 Å². The van der Waals surface area contributed by atoms with E-state index in [9.17, 15) is 4.79 Å². The monoisotopic (exact) mass is 383 g/mol. The lowest BCUT2D eigenvalue weighted by Gasteiger charge is -2.08. The van der Waals surface area contributed by atoms with Crippen molar-refractivity contribution in [2.45, 2.75) is 13.0 Å². The van der Waals surface area contributed by atoms with E-state index in [0.717, 1.165) is 23.4 Å². The number of amides is 1. The maximum absolute atomic E-state index is 12.1. The first-order valence-corrected chi connectivity index (χ1v) is 9.49. The summed E-state index contributed by atoms with van der Waals surface area (Å²) in [7, 11) is 0. The zero-order valence-electron chi connectivity index (χ0n) is 15.9. The summed E-state index contributed by atoms with van der Waals surface area (Å²) >= 11 is 0. The van der Waals surface area contributed by atoms with Crippen LogP contribution in [0.15, 0.2) is 79.3 Å². The number of carbonyl (C=O) groups excluding carboxylic acids is 1. The van der Waals surface area contributed by atoms with E-state index >= 15 is 0 Å². The molecule has 0 saturated carbocycles. The van der Waals surface area contributed by atoms with E-state index in [1.165, 1.54) is 11.6 Å². The van der Waals surface area contributed by atoms with Crippen LogP contribution in [-0.4, -0.2) is 32.0 Å². The van der Waals surface area contributed by atoms with Gasteiger partial charge in [0.05, 0.1) is 22.9 Å². The number of aromatic nitrogens is 4. The Hall–Kier alpha value is -3.80. The molecule has 0 saturated heterocycles. The highest BCUT2D eigenvalue weighted by Gasteiger charge is 2.04. The Bertz CT molecular complexity index is 1130. The molecule has 0 aliphatic rings. The summed E-state index contributed by atoms with van der Waals surface area (Å²) in [6.07, 6.45) is 9.23. The number of nitrogens with zero attached hydrogens (tertiary/aromatic N) is 4. The lowest BCUT2D eigenvalue weighted by Crippen LogP contribution is -2.24. The molecular formula is C23H21N5O. The van der Waals surface area contributed by atoms with E-state index in [1.54, 1.807) is 18.5 Å². The van der Waals surface area contributed by atoms with Gasteiger partial charge in [-0.25, -0.2) is 9.97 Å². The first-order chi connectivity index (χ1) is 14.3. The minimum Gasteiger partial charge on any atom is -0.352 e. The maximum Gasteiger partial charge on any atom is 0.244 e. The largest absolute Gasteiger partial charge is 0.352 e. The highest BCUT2D eigenvalue weighted by molar-refractivity contribution is 5.91. The summed E-state index contributed by atoms with van der Waals surface area (Å²) in [6, 6.07) is 17.9. The number of rotatable bonds is 7. The smallest absolute Gasteiger partial charge is 0.244 e. The van der Waals surface area contributed by atoms with Crippen LogP contribution in [0, 0.1) is 0 Å². The first kappa shape index (κ1) is 18.6. The minimum absolute atomic E-state index is 0.166. The van der Waals surface area contributed by atoms with Crippen LogP contribution in [-0.2, 0) is 17.8 Å². The Morgan fingerprint density at radius 2 is 1.79 bits per heavy atom. The second-order valence-electron chi connectivity index (χ2n) is 6.61. The molecule has 0 aliphatic heterocycles. The number of hydrogen-bond acceptors (Lipinski definition) is 4. The molecule has 2 aromatic carbocycles. The van der Waals surface area contributed by atoms with Gasteiger partial charge in [-0.2, -0.15) is 0 Å². The summed E-state index contributed by atoms with van der Waals surface area (Å²) in [5, 5.41) is 2.89. The molecule has 0 aliphatic carbocycles. The van der Waals surface area contributed by atoms with Gasteiger partial charge in [-0.15, -0.1) is 0 Å². The van der Waals surface area contributed by atoms with Gasteiger partial charge >= 0.3 is 0 Å². The molecule has 144 valence electrons. The average molecular weight is 383 g/mol. The molecule has 6 heteroatoms. The third-order valence-electron chi connectivity index (χ3n) is 4.52. The quantitative estimate of drug-likeness (QED) is 0.497. The molecule has 0 spiro atoms. The normalized spacial score (nSPS) is 11.2. The van der Waals surface area contributed by atoms with Crippen LogP contribution in [0.3, 0.4) is 0 Å². The molecule has 6 nitrogen and oxygen atoms in total. The van der Waals surface area contributed by atoms with Gasteiger partial charge in [0, 0.05) is 38.0 Å². The topological polar surface area (TPSA) is 72.7 Å². The number of hydrogen-bond donors (Lipinski definition) is 1. The molecule has 4 aromatic rings. The van der Waals surface area contributed by atoms with E-state index in [2.05, 4.69) is 37.0 Å². The number of imidazole rings is 1. The average Bonchev–Trinajstić information content (AvgIpc) is 3.19. The lowest BCUT2D eigenvalue weighted by atomic mass is 10.2. The van der Waals surface area contributed by atoms with Crippen molar-refractivity contribution in [2.75, 3.05) is 6.54 Å². The third-order valence-corrected chi connectivity index (χ3v) is 4.52. The standard InChI is InChI=1S/C23H21N5O/c29-23(11-10-19-16-26-20-8-4-5-9-21(20)27-19)25-13-12-22-24-14-15-28(22)17-18-6-2-1-3-7-18/h1-11,14-16H,12-13,17H2,(H,25,29)/b11-10+. The van der Waals surface area contributed by atoms with Crippen molar-refractivity contribution in [1.82, 2.24) is 24.8 Å². The second kappa shape index (κ2) is 8.93. The molecule has 0 bridgehead atoms. The zero-order valence-corrected chi connectivity index (χ0v) is 15.9.